The fourth-order valence-electron chi connectivity index (χ4n) is 1.86. The highest BCUT2D eigenvalue weighted by Gasteiger charge is 2.26. The van der Waals surface area contributed by atoms with Crippen molar-refractivity contribution in [3.05, 3.63) is 0 Å². The summed E-state index contributed by atoms with van der Waals surface area (Å²) in [5.41, 5.74) is 0. The van der Waals surface area contributed by atoms with Gasteiger partial charge in [-0.05, 0) is 25.8 Å². The molecule has 0 aliphatic carbocycles. The summed E-state index contributed by atoms with van der Waals surface area (Å²) in [5, 5.41) is 6.21. The lowest BCUT2D eigenvalue weighted by Gasteiger charge is -2.14. The van der Waals surface area contributed by atoms with E-state index < -0.39 is 0 Å². The summed E-state index contributed by atoms with van der Waals surface area (Å²) in [6.45, 7) is 2.65. The molecule has 0 spiro atoms. The van der Waals surface area contributed by atoms with Crippen molar-refractivity contribution in [2.24, 2.45) is 0 Å². The number of amides is 1. The minimum absolute atomic E-state index is 0.0752. The Labute approximate surface area is 78.0 Å². The van der Waals surface area contributed by atoms with Crippen LogP contribution >= 0.6 is 0 Å². The third-order valence-electron chi connectivity index (χ3n) is 2.63. The summed E-state index contributed by atoms with van der Waals surface area (Å²) in [4.78, 5) is 11.5. The van der Waals surface area contributed by atoms with E-state index in [1.54, 1.807) is 0 Å². The highest BCUT2D eigenvalue weighted by Crippen LogP contribution is 2.12. The highest BCUT2D eigenvalue weighted by atomic mass is 16.5. The maximum atomic E-state index is 11.5. The Balaban J connectivity index is 1.76. The van der Waals surface area contributed by atoms with E-state index in [9.17, 15) is 4.79 Å². The Morgan fingerprint density at radius 2 is 2.38 bits per heavy atom. The van der Waals surface area contributed by atoms with Crippen molar-refractivity contribution < 1.29 is 9.53 Å². The largest absolute Gasteiger partial charge is 0.368 e. The van der Waals surface area contributed by atoms with E-state index in [-0.39, 0.29) is 12.0 Å². The minimum Gasteiger partial charge on any atom is -0.368 e. The SMILES string of the molecule is O=C(N[C@H]1CCNC1)[C@H]1CCCO1. The van der Waals surface area contributed by atoms with Gasteiger partial charge in [-0.2, -0.15) is 0 Å². The van der Waals surface area contributed by atoms with E-state index >= 15 is 0 Å². The van der Waals surface area contributed by atoms with Crippen LogP contribution in [0.2, 0.25) is 0 Å². The van der Waals surface area contributed by atoms with Crippen LogP contribution in [0.5, 0.6) is 0 Å². The van der Waals surface area contributed by atoms with Gasteiger partial charge >= 0.3 is 0 Å². The Bertz CT molecular complexity index is 184. The molecular formula is C9H16N2O2. The summed E-state index contributed by atoms with van der Waals surface area (Å²) in [7, 11) is 0. The van der Waals surface area contributed by atoms with Gasteiger partial charge in [0.2, 0.25) is 5.91 Å². The monoisotopic (exact) mass is 184 g/mol. The Morgan fingerprint density at radius 3 is 3.00 bits per heavy atom. The Hall–Kier alpha value is -0.610. The zero-order chi connectivity index (χ0) is 9.10. The van der Waals surface area contributed by atoms with Crippen LogP contribution in [0, 0.1) is 0 Å². The topological polar surface area (TPSA) is 50.4 Å². The van der Waals surface area contributed by atoms with E-state index in [4.69, 9.17) is 4.74 Å². The molecule has 0 aromatic carbocycles. The van der Waals surface area contributed by atoms with Crippen molar-refractivity contribution in [1.82, 2.24) is 10.6 Å². The van der Waals surface area contributed by atoms with Crippen LogP contribution in [0.25, 0.3) is 0 Å². The predicted octanol–water partition coefficient (Wildman–Crippen LogP) is -0.357. The molecule has 2 saturated heterocycles. The van der Waals surface area contributed by atoms with Crippen LogP contribution in [0.15, 0.2) is 0 Å². The van der Waals surface area contributed by atoms with Gasteiger partial charge in [0.1, 0.15) is 6.10 Å². The Kier molecular flexibility index (Phi) is 2.80. The van der Waals surface area contributed by atoms with Crippen molar-refractivity contribution >= 4 is 5.91 Å². The molecule has 1 amide bonds. The molecule has 2 rings (SSSR count). The van der Waals surface area contributed by atoms with E-state index in [2.05, 4.69) is 10.6 Å². The number of hydrogen-bond acceptors (Lipinski definition) is 3. The zero-order valence-corrected chi connectivity index (χ0v) is 7.71. The van der Waals surface area contributed by atoms with Crippen LogP contribution < -0.4 is 10.6 Å². The second kappa shape index (κ2) is 4.07. The number of carbonyl (C=O) groups excluding carboxylic acids is 1. The number of rotatable bonds is 2. The second-order valence-electron chi connectivity index (χ2n) is 3.70. The molecule has 0 radical (unpaired) electrons. The van der Waals surface area contributed by atoms with Gasteiger partial charge < -0.3 is 15.4 Å². The molecule has 2 aliphatic rings. The molecule has 13 heavy (non-hydrogen) atoms. The normalized spacial score (nSPS) is 33.5. The van der Waals surface area contributed by atoms with Crippen molar-refractivity contribution in [3.8, 4) is 0 Å². The van der Waals surface area contributed by atoms with Gasteiger partial charge in [-0.15, -0.1) is 0 Å². The predicted molar refractivity (Wildman–Crippen MR) is 48.4 cm³/mol. The molecule has 4 nitrogen and oxygen atoms in total. The molecule has 2 N–H and O–H groups in total. The summed E-state index contributed by atoms with van der Waals surface area (Å²) in [6, 6.07) is 0.316. The smallest absolute Gasteiger partial charge is 0.249 e. The molecule has 74 valence electrons. The summed E-state index contributed by atoms with van der Waals surface area (Å²) >= 11 is 0. The summed E-state index contributed by atoms with van der Waals surface area (Å²) in [6.07, 6.45) is 2.76. The fraction of sp³-hybridized carbons (Fsp3) is 0.889. The average molecular weight is 184 g/mol. The van der Waals surface area contributed by atoms with Gasteiger partial charge in [-0.3, -0.25) is 4.79 Å². The molecule has 0 aromatic rings. The van der Waals surface area contributed by atoms with E-state index in [0.29, 0.717) is 6.04 Å². The number of carbonyl (C=O) groups is 1. The van der Waals surface area contributed by atoms with Gasteiger partial charge in [0, 0.05) is 19.2 Å². The standard InChI is InChI=1S/C9H16N2O2/c12-9(8-2-1-5-13-8)11-7-3-4-10-6-7/h7-8,10H,1-6H2,(H,11,12)/t7-,8+/m0/s1. The van der Waals surface area contributed by atoms with Crippen molar-refractivity contribution in [2.45, 2.75) is 31.4 Å². The van der Waals surface area contributed by atoms with Gasteiger partial charge in [0.25, 0.3) is 0 Å². The quantitative estimate of drug-likeness (QED) is 0.616. The number of hydrogen-bond donors (Lipinski definition) is 2. The van der Waals surface area contributed by atoms with Gasteiger partial charge in [0.15, 0.2) is 0 Å². The number of nitrogens with one attached hydrogen (secondary N) is 2. The first-order chi connectivity index (χ1) is 6.36. The van der Waals surface area contributed by atoms with Gasteiger partial charge in [0.05, 0.1) is 0 Å². The fourth-order valence-corrected chi connectivity index (χ4v) is 1.86. The maximum absolute atomic E-state index is 11.5. The lowest BCUT2D eigenvalue weighted by atomic mass is 10.2. The van der Waals surface area contributed by atoms with Crippen molar-refractivity contribution in [1.29, 1.82) is 0 Å². The lowest BCUT2D eigenvalue weighted by molar-refractivity contribution is -0.130. The molecule has 0 unspecified atom stereocenters. The molecule has 0 bridgehead atoms. The molecule has 2 heterocycles. The average Bonchev–Trinajstić information content (AvgIpc) is 2.74. The van der Waals surface area contributed by atoms with Crippen LogP contribution in [0.3, 0.4) is 0 Å². The molecular weight excluding hydrogens is 168 g/mol. The van der Waals surface area contributed by atoms with Crippen LogP contribution in [-0.4, -0.2) is 37.7 Å². The third-order valence-corrected chi connectivity index (χ3v) is 2.63. The molecule has 0 saturated carbocycles. The molecule has 2 atom stereocenters. The van der Waals surface area contributed by atoms with Crippen LogP contribution in [-0.2, 0) is 9.53 Å². The van der Waals surface area contributed by atoms with E-state index in [1.165, 1.54) is 0 Å². The summed E-state index contributed by atoms with van der Waals surface area (Å²) < 4.78 is 5.29. The van der Waals surface area contributed by atoms with Crippen LogP contribution in [0.1, 0.15) is 19.3 Å². The van der Waals surface area contributed by atoms with Gasteiger partial charge in [-0.1, -0.05) is 0 Å². The van der Waals surface area contributed by atoms with E-state index in [1.807, 2.05) is 0 Å². The minimum atomic E-state index is -0.180. The first-order valence-electron chi connectivity index (χ1n) is 4.99. The van der Waals surface area contributed by atoms with E-state index in [0.717, 1.165) is 39.0 Å². The second-order valence-corrected chi connectivity index (χ2v) is 3.70. The lowest BCUT2D eigenvalue weighted by Crippen LogP contribution is -2.42. The summed E-state index contributed by atoms with van der Waals surface area (Å²) in [5.74, 6) is 0.0752. The zero-order valence-electron chi connectivity index (χ0n) is 7.71. The number of ether oxygens (including phenoxy) is 1. The highest BCUT2D eigenvalue weighted by molar-refractivity contribution is 5.81. The molecule has 4 heteroatoms. The molecule has 0 aromatic heterocycles. The van der Waals surface area contributed by atoms with Crippen molar-refractivity contribution in [3.63, 3.8) is 0 Å². The molecule has 2 fully saturated rings. The molecule has 2 aliphatic heterocycles. The van der Waals surface area contributed by atoms with Crippen LogP contribution in [0.4, 0.5) is 0 Å². The van der Waals surface area contributed by atoms with Gasteiger partial charge in [-0.25, -0.2) is 0 Å². The maximum Gasteiger partial charge on any atom is 0.249 e. The Morgan fingerprint density at radius 1 is 1.46 bits per heavy atom. The van der Waals surface area contributed by atoms with Crippen molar-refractivity contribution in [2.75, 3.05) is 19.7 Å². The first kappa shape index (κ1) is 8.97. The third kappa shape index (κ3) is 2.19. The first-order valence-corrected chi connectivity index (χ1v) is 4.99.